The first-order valence-corrected chi connectivity index (χ1v) is 3.78. The molecule has 76 valence electrons. The van der Waals surface area contributed by atoms with Crippen LogP contribution >= 0.6 is 11.8 Å². The van der Waals surface area contributed by atoms with Crippen LogP contribution in [0.5, 0.6) is 0 Å². The molecule has 13 heavy (non-hydrogen) atoms. The lowest BCUT2D eigenvalue weighted by Crippen LogP contribution is -2.42. The summed E-state index contributed by atoms with van der Waals surface area (Å²) in [5.41, 5.74) is -1.49. The van der Waals surface area contributed by atoms with Crippen molar-refractivity contribution >= 4 is 17.9 Å². The largest absolute Gasteiger partial charge is 0.446 e. The molecule has 1 aliphatic rings. The second kappa shape index (κ2) is 2.94. The fourth-order valence-corrected chi connectivity index (χ4v) is 1.26. The lowest BCUT2D eigenvalue weighted by atomic mass is 10.00. The van der Waals surface area contributed by atoms with Gasteiger partial charge in [-0.3, -0.25) is 0 Å². The molecule has 0 aromatic rings. The highest BCUT2D eigenvalue weighted by molar-refractivity contribution is 6.21. The molecule has 1 amide bonds. The van der Waals surface area contributed by atoms with E-state index in [0.717, 1.165) is 0 Å². The second-order valence-corrected chi connectivity index (χ2v) is 3.46. The number of nitrogens with zero attached hydrogens (tertiary/aromatic N) is 1. The maximum absolute atomic E-state index is 12.0. The number of rotatable bonds is 1. The molecular formula is C6H7ClF3NO2. The number of carbonyl (C=O) groups is 1. The minimum atomic E-state index is -4.37. The van der Waals surface area contributed by atoms with Gasteiger partial charge in [-0.15, -0.1) is 0 Å². The Morgan fingerprint density at radius 1 is 1.69 bits per heavy atom. The summed E-state index contributed by atoms with van der Waals surface area (Å²) in [6.45, 7) is 0.882. The molecule has 0 unspecified atom stereocenters. The standard InChI is InChI=1S/C6H7ClF3NO2/c1-5(2-6(8,9)10)3-13-4(12)11(5)7/h2-3H2,1H3/t5-/m0/s1. The zero-order valence-electron chi connectivity index (χ0n) is 6.69. The van der Waals surface area contributed by atoms with Gasteiger partial charge in [0.15, 0.2) is 0 Å². The van der Waals surface area contributed by atoms with E-state index in [1.54, 1.807) is 0 Å². The highest BCUT2D eigenvalue weighted by atomic mass is 35.5. The highest BCUT2D eigenvalue weighted by Gasteiger charge is 2.50. The van der Waals surface area contributed by atoms with Crippen molar-refractivity contribution in [2.45, 2.75) is 25.1 Å². The number of carbonyl (C=O) groups excluding carboxylic acids is 1. The molecular weight excluding hydrogens is 211 g/mol. The summed E-state index contributed by atoms with van der Waals surface area (Å²) >= 11 is 5.33. The molecule has 0 aromatic heterocycles. The third-order valence-corrected chi connectivity index (χ3v) is 2.27. The summed E-state index contributed by atoms with van der Waals surface area (Å²) in [5, 5.41) is 0. The van der Waals surface area contributed by atoms with E-state index in [1.807, 2.05) is 0 Å². The molecule has 0 spiro atoms. The maximum atomic E-state index is 12.0. The van der Waals surface area contributed by atoms with E-state index in [9.17, 15) is 18.0 Å². The molecule has 1 aliphatic heterocycles. The summed E-state index contributed by atoms with van der Waals surface area (Å²) in [6, 6.07) is 0. The Balaban J connectivity index is 2.72. The quantitative estimate of drug-likeness (QED) is 0.631. The number of alkyl halides is 3. The van der Waals surface area contributed by atoms with E-state index in [2.05, 4.69) is 4.74 Å². The molecule has 0 aromatic carbocycles. The van der Waals surface area contributed by atoms with Crippen LogP contribution in [0.2, 0.25) is 0 Å². The van der Waals surface area contributed by atoms with Crippen LogP contribution in [0.4, 0.5) is 18.0 Å². The third kappa shape index (κ3) is 2.18. The summed E-state index contributed by atoms with van der Waals surface area (Å²) in [5.74, 6) is 0. The lowest BCUT2D eigenvalue weighted by molar-refractivity contribution is -0.151. The Hall–Kier alpha value is -0.650. The topological polar surface area (TPSA) is 29.5 Å². The van der Waals surface area contributed by atoms with Gasteiger partial charge in [-0.05, 0) is 6.92 Å². The fraction of sp³-hybridized carbons (Fsp3) is 0.833. The Morgan fingerprint density at radius 2 is 2.23 bits per heavy atom. The summed E-state index contributed by atoms with van der Waals surface area (Å²) in [6.07, 6.45) is -6.47. The monoisotopic (exact) mass is 217 g/mol. The molecule has 0 N–H and O–H groups in total. The summed E-state index contributed by atoms with van der Waals surface area (Å²) < 4.78 is 40.8. The normalized spacial score (nSPS) is 29.3. The van der Waals surface area contributed by atoms with Crippen LogP contribution in [0.15, 0.2) is 0 Å². The molecule has 1 atom stereocenters. The van der Waals surface area contributed by atoms with Crippen molar-refractivity contribution in [1.29, 1.82) is 0 Å². The second-order valence-electron chi connectivity index (χ2n) is 3.12. The average molecular weight is 218 g/mol. The number of amides is 1. The van der Waals surface area contributed by atoms with Gasteiger partial charge in [-0.1, -0.05) is 0 Å². The Bertz CT molecular complexity index is 232. The number of hydrogen-bond acceptors (Lipinski definition) is 2. The molecule has 1 fully saturated rings. The van der Waals surface area contributed by atoms with Gasteiger partial charge in [-0.2, -0.15) is 13.2 Å². The smallest absolute Gasteiger partial charge is 0.425 e. The zero-order chi connectivity index (χ0) is 10.3. The van der Waals surface area contributed by atoms with Gasteiger partial charge in [0.05, 0.1) is 6.42 Å². The van der Waals surface area contributed by atoms with E-state index in [4.69, 9.17) is 11.8 Å². The Labute approximate surface area is 77.5 Å². The summed E-state index contributed by atoms with van der Waals surface area (Å²) in [7, 11) is 0. The van der Waals surface area contributed by atoms with Crippen LogP contribution < -0.4 is 0 Å². The van der Waals surface area contributed by atoms with E-state index in [0.29, 0.717) is 4.42 Å². The van der Waals surface area contributed by atoms with Crippen LogP contribution in [0.25, 0.3) is 0 Å². The first-order chi connectivity index (χ1) is 5.75. The average Bonchev–Trinajstić information content (AvgIpc) is 2.14. The number of ether oxygens (including phenoxy) is 1. The highest BCUT2D eigenvalue weighted by Crippen LogP contribution is 2.36. The molecule has 7 heteroatoms. The number of halogens is 4. The third-order valence-electron chi connectivity index (χ3n) is 1.72. The molecule has 1 rings (SSSR count). The van der Waals surface area contributed by atoms with Crippen molar-refractivity contribution in [3.63, 3.8) is 0 Å². The van der Waals surface area contributed by atoms with Crippen molar-refractivity contribution < 1.29 is 22.7 Å². The predicted octanol–water partition coefficient (Wildman–Crippen LogP) is 2.30. The van der Waals surface area contributed by atoms with Gasteiger partial charge in [0, 0.05) is 11.8 Å². The van der Waals surface area contributed by atoms with Crippen molar-refractivity contribution in [2.75, 3.05) is 6.61 Å². The van der Waals surface area contributed by atoms with Gasteiger partial charge < -0.3 is 4.74 Å². The molecule has 1 heterocycles. The molecule has 0 radical (unpaired) electrons. The molecule has 1 saturated heterocycles. The van der Waals surface area contributed by atoms with Crippen molar-refractivity contribution in [2.24, 2.45) is 0 Å². The van der Waals surface area contributed by atoms with E-state index < -0.39 is 24.2 Å². The SMILES string of the molecule is C[C@]1(CC(F)(F)F)COC(=O)N1Cl. The van der Waals surface area contributed by atoms with Gasteiger partial charge in [-0.25, -0.2) is 9.21 Å². The van der Waals surface area contributed by atoms with Gasteiger partial charge in [0.1, 0.15) is 12.1 Å². The zero-order valence-corrected chi connectivity index (χ0v) is 7.45. The Morgan fingerprint density at radius 3 is 2.54 bits per heavy atom. The number of hydrogen-bond donors (Lipinski definition) is 0. The van der Waals surface area contributed by atoms with Gasteiger partial charge >= 0.3 is 12.3 Å². The van der Waals surface area contributed by atoms with E-state index in [-0.39, 0.29) is 6.61 Å². The molecule has 0 saturated carbocycles. The fourth-order valence-electron chi connectivity index (χ4n) is 1.10. The predicted molar refractivity (Wildman–Crippen MR) is 38.1 cm³/mol. The van der Waals surface area contributed by atoms with Crippen LogP contribution in [0.3, 0.4) is 0 Å². The van der Waals surface area contributed by atoms with Gasteiger partial charge in [0.25, 0.3) is 0 Å². The van der Waals surface area contributed by atoms with Crippen LogP contribution in [0.1, 0.15) is 13.3 Å². The first kappa shape index (κ1) is 10.4. The van der Waals surface area contributed by atoms with Crippen LogP contribution in [-0.2, 0) is 4.74 Å². The lowest BCUT2D eigenvalue weighted by Gasteiger charge is -2.26. The molecule has 0 bridgehead atoms. The first-order valence-electron chi connectivity index (χ1n) is 3.44. The minimum absolute atomic E-state index is 0.338. The van der Waals surface area contributed by atoms with Crippen molar-refractivity contribution in [3.8, 4) is 0 Å². The van der Waals surface area contributed by atoms with Crippen molar-refractivity contribution in [3.05, 3.63) is 0 Å². The Kier molecular flexibility index (Phi) is 2.36. The number of cyclic esters (lactones) is 1. The minimum Gasteiger partial charge on any atom is -0.446 e. The molecule has 0 aliphatic carbocycles. The van der Waals surface area contributed by atoms with Crippen LogP contribution in [-0.4, -0.2) is 28.8 Å². The molecule has 3 nitrogen and oxygen atoms in total. The summed E-state index contributed by atoms with van der Waals surface area (Å²) in [4.78, 5) is 10.7. The van der Waals surface area contributed by atoms with Crippen LogP contribution in [0, 0.1) is 0 Å². The maximum Gasteiger partial charge on any atom is 0.425 e. The van der Waals surface area contributed by atoms with E-state index in [1.165, 1.54) is 6.92 Å². The van der Waals surface area contributed by atoms with E-state index >= 15 is 0 Å². The van der Waals surface area contributed by atoms with Gasteiger partial charge in [0.2, 0.25) is 0 Å². The van der Waals surface area contributed by atoms with Crippen molar-refractivity contribution in [1.82, 2.24) is 4.42 Å².